The number of hydrogen-bond donors (Lipinski definition) is 2. The van der Waals surface area contributed by atoms with Crippen LogP contribution in [0.15, 0.2) is 24.4 Å². The average molecular weight is 274 g/mol. The summed E-state index contributed by atoms with van der Waals surface area (Å²) in [6, 6.07) is 6.14. The van der Waals surface area contributed by atoms with Crippen LogP contribution >= 0.6 is 0 Å². The van der Waals surface area contributed by atoms with Crippen molar-refractivity contribution in [2.75, 3.05) is 30.8 Å². The Hall–Kier alpha value is -2.44. The van der Waals surface area contributed by atoms with Crippen LogP contribution in [0.25, 0.3) is 0 Å². The molecule has 2 aromatic heterocycles. The van der Waals surface area contributed by atoms with E-state index in [1.54, 1.807) is 6.20 Å². The molecule has 0 bridgehead atoms. The third-order valence-corrected chi connectivity index (χ3v) is 2.52. The van der Waals surface area contributed by atoms with Gasteiger partial charge < -0.3 is 15.4 Å². The van der Waals surface area contributed by atoms with Crippen LogP contribution in [0, 0.1) is 0 Å². The van der Waals surface area contributed by atoms with Gasteiger partial charge in [0.15, 0.2) is 0 Å². The molecule has 0 unspecified atom stereocenters. The third-order valence-electron chi connectivity index (χ3n) is 2.52. The summed E-state index contributed by atoms with van der Waals surface area (Å²) in [6.45, 7) is 3.40. The van der Waals surface area contributed by atoms with Gasteiger partial charge in [-0.3, -0.25) is 4.98 Å². The van der Waals surface area contributed by atoms with Crippen LogP contribution < -0.4 is 15.4 Å². The monoisotopic (exact) mass is 274 g/mol. The minimum absolute atomic E-state index is 0.288. The molecule has 0 saturated heterocycles. The van der Waals surface area contributed by atoms with Gasteiger partial charge in [0.25, 0.3) is 0 Å². The molecule has 0 saturated carbocycles. The number of methoxy groups -OCH3 is 1. The van der Waals surface area contributed by atoms with Gasteiger partial charge in [-0.1, -0.05) is 6.07 Å². The van der Waals surface area contributed by atoms with Crippen molar-refractivity contribution in [1.82, 2.24) is 19.9 Å². The van der Waals surface area contributed by atoms with E-state index in [1.807, 2.05) is 25.1 Å². The molecular formula is C13H18N6O. The van der Waals surface area contributed by atoms with Crippen LogP contribution in [0.1, 0.15) is 12.6 Å². The molecule has 2 aromatic rings. The molecule has 0 aliphatic carbocycles. The van der Waals surface area contributed by atoms with E-state index in [0.29, 0.717) is 18.4 Å². The molecular weight excluding hydrogens is 256 g/mol. The highest BCUT2D eigenvalue weighted by atomic mass is 16.5. The average Bonchev–Trinajstić information content (AvgIpc) is 2.48. The summed E-state index contributed by atoms with van der Waals surface area (Å²) in [5.41, 5.74) is 1.02. The zero-order valence-corrected chi connectivity index (χ0v) is 11.6. The standard InChI is InChI=1S/C13H18N6O/c1-3-14-11-17-12(19-13(18-11)20-2)16-9-7-10-6-4-5-8-15-10/h4-6,8H,3,7,9H2,1-2H3,(H2,14,16,17,18,19). The number of nitrogens with zero attached hydrogens (tertiary/aromatic N) is 4. The predicted octanol–water partition coefficient (Wildman–Crippen LogP) is 1.36. The summed E-state index contributed by atoms with van der Waals surface area (Å²) < 4.78 is 5.05. The summed E-state index contributed by atoms with van der Waals surface area (Å²) in [7, 11) is 1.53. The molecule has 106 valence electrons. The number of pyridine rings is 1. The van der Waals surface area contributed by atoms with Crippen molar-refractivity contribution >= 4 is 11.9 Å². The van der Waals surface area contributed by atoms with Crippen molar-refractivity contribution in [3.8, 4) is 6.01 Å². The molecule has 0 aliphatic heterocycles. The maximum atomic E-state index is 5.05. The number of rotatable bonds is 7. The summed E-state index contributed by atoms with van der Waals surface area (Å²) in [4.78, 5) is 16.8. The first-order valence-corrected chi connectivity index (χ1v) is 6.49. The molecule has 20 heavy (non-hydrogen) atoms. The number of nitrogens with one attached hydrogen (secondary N) is 2. The number of aromatic nitrogens is 4. The highest BCUT2D eigenvalue weighted by molar-refractivity contribution is 5.35. The molecule has 2 rings (SSSR count). The van der Waals surface area contributed by atoms with Gasteiger partial charge in [0.1, 0.15) is 0 Å². The van der Waals surface area contributed by atoms with Crippen LogP contribution in [0.2, 0.25) is 0 Å². The van der Waals surface area contributed by atoms with E-state index in [1.165, 1.54) is 7.11 Å². The number of anilines is 2. The van der Waals surface area contributed by atoms with E-state index >= 15 is 0 Å². The minimum Gasteiger partial charge on any atom is -0.467 e. The lowest BCUT2D eigenvalue weighted by Crippen LogP contribution is -2.12. The molecule has 7 nitrogen and oxygen atoms in total. The SMILES string of the molecule is CCNc1nc(NCCc2ccccn2)nc(OC)n1. The molecule has 0 aromatic carbocycles. The maximum Gasteiger partial charge on any atom is 0.322 e. The molecule has 0 spiro atoms. The summed E-state index contributed by atoms with van der Waals surface area (Å²) in [5.74, 6) is 0.989. The minimum atomic E-state index is 0.288. The van der Waals surface area contributed by atoms with Gasteiger partial charge in [-0.05, 0) is 19.1 Å². The highest BCUT2D eigenvalue weighted by Gasteiger charge is 2.05. The third kappa shape index (κ3) is 4.04. The summed E-state index contributed by atoms with van der Waals surface area (Å²) in [6.07, 6.45) is 2.58. The van der Waals surface area contributed by atoms with E-state index in [-0.39, 0.29) is 6.01 Å². The van der Waals surface area contributed by atoms with Crippen LogP contribution in [-0.2, 0) is 6.42 Å². The van der Waals surface area contributed by atoms with Crippen molar-refractivity contribution in [3.63, 3.8) is 0 Å². The van der Waals surface area contributed by atoms with E-state index in [0.717, 1.165) is 18.7 Å². The topological polar surface area (TPSA) is 84.9 Å². The van der Waals surface area contributed by atoms with Gasteiger partial charge >= 0.3 is 6.01 Å². The van der Waals surface area contributed by atoms with Crippen molar-refractivity contribution in [1.29, 1.82) is 0 Å². The van der Waals surface area contributed by atoms with Gasteiger partial charge in [-0.25, -0.2) is 0 Å². The molecule has 2 N–H and O–H groups in total. The van der Waals surface area contributed by atoms with E-state index in [2.05, 4.69) is 30.6 Å². The Labute approximate surface area is 117 Å². The predicted molar refractivity (Wildman–Crippen MR) is 77.0 cm³/mol. The van der Waals surface area contributed by atoms with Crippen molar-refractivity contribution in [3.05, 3.63) is 30.1 Å². The van der Waals surface area contributed by atoms with Gasteiger partial charge in [0.2, 0.25) is 11.9 Å². The molecule has 2 heterocycles. The Morgan fingerprint density at radius 1 is 1.10 bits per heavy atom. The quantitative estimate of drug-likeness (QED) is 0.788. The van der Waals surface area contributed by atoms with Gasteiger partial charge in [-0.2, -0.15) is 15.0 Å². The first-order chi connectivity index (χ1) is 9.81. The molecule has 0 atom stereocenters. The zero-order valence-electron chi connectivity index (χ0n) is 11.6. The Kier molecular flexibility index (Phi) is 5.05. The van der Waals surface area contributed by atoms with Gasteiger partial charge in [0.05, 0.1) is 7.11 Å². The Morgan fingerprint density at radius 3 is 2.55 bits per heavy atom. The molecule has 0 radical (unpaired) electrons. The van der Waals surface area contributed by atoms with Crippen LogP contribution in [0.4, 0.5) is 11.9 Å². The molecule has 7 heteroatoms. The van der Waals surface area contributed by atoms with E-state index < -0.39 is 0 Å². The van der Waals surface area contributed by atoms with Crippen molar-refractivity contribution < 1.29 is 4.74 Å². The normalized spacial score (nSPS) is 10.1. The van der Waals surface area contributed by atoms with Crippen LogP contribution in [0.3, 0.4) is 0 Å². The van der Waals surface area contributed by atoms with Crippen LogP contribution in [0.5, 0.6) is 6.01 Å². The second-order valence-corrected chi connectivity index (χ2v) is 4.00. The largest absolute Gasteiger partial charge is 0.467 e. The lowest BCUT2D eigenvalue weighted by molar-refractivity contribution is 0.379. The first-order valence-electron chi connectivity index (χ1n) is 6.49. The lowest BCUT2D eigenvalue weighted by atomic mass is 10.3. The smallest absolute Gasteiger partial charge is 0.322 e. The Morgan fingerprint density at radius 2 is 1.90 bits per heavy atom. The Balaban J connectivity index is 1.96. The second-order valence-electron chi connectivity index (χ2n) is 4.00. The van der Waals surface area contributed by atoms with E-state index in [4.69, 9.17) is 4.74 Å². The lowest BCUT2D eigenvalue weighted by Gasteiger charge is -2.08. The first kappa shape index (κ1) is 14.0. The fourth-order valence-electron chi connectivity index (χ4n) is 1.61. The van der Waals surface area contributed by atoms with E-state index in [9.17, 15) is 0 Å². The summed E-state index contributed by atoms with van der Waals surface area (Å²) in [5, 5.41) is 6.18. The fourth-order valence-corrected chi connectivity index (χ4v) is 1.61. The zero-order chi connectivity index (χ0) is 14.2. The van der Waals surface area contributed by atoms with Crippen LogP contribution in [-0.4, -0.2) is 40.1 Å². The van der Waals surface area contributed by atoms with Crippen molar-refractivity contribution in [2.45, 2.75) is 13.3 Å². The van der Waals surface area contributed by atoms with Gasteiger partial charge in [-0.15, -0.1) is 0 Å². The van der Waals surface area contributed by atoms with Crippen molar-refractivity contribution in [2.24, 2.45) is 0 Å². The highest BCUT2D eigenvalue weighted by Crippen LogP contribution is 2.10. The second kappa shape index (κ2) is 7.22. The molecule has 0 amide bonds. The number of ether oxygens (including phenoxy) is 1. The molecule has 0 fully saturated rings. The molecule has 0 aliphatic rings. The number of hydrogen-bond acceptors (Lipinski definition) is 7. The maximum absolute atomic E-state index is 5.05. The fraction of sp³-hybridized carbons (Fsp3) is 0.385. The summed E-state index contributed by atoms with van der Waals surface area (Å²) >= 11 is 0. The Bertz CT molecular complexity index is 534. The van der Waals surface area contributed by atoms with Gasteiger partial charge in [0, 0.05) is 31.4 Å².